The van der Waals surface area contributed by atoms with Crippen LogP contribution in [-0.2, 0) is 9.53 Å². The van der Waals surface area contributed by atoms with E-state index in [9.17, 15) is 9.59 Å². The highest BCUT2D eigenvalue weighted by atomic mass is 35.5. The van der Waals surface area contributed by atoms with Crippen molar-refractivity contribution in [1.29, 1.82) is 0 Å². The molecular weight excluding hydrogens is 308 g/mol. The molecule has 6 nitrogen and oxygen atoms in total. The van der Waals surface area contributed by atoms with Gasteiger partial charge in [0.15, 0.2) is 0 Å². The Morgan fingerprint density at radius 3 is 2.55 bits per heavy atom. The topological polar surface area (TPSA) is 76.7 Å². The summed E-state index contributed by atoms with van der Waals surface area (Å²) >= 11 is 5.83. The summed E-state index contributed by atoms with van der Waals surface area (Å²) in [6.07, 6.45) is 0. The van der Waals surface area contributed by atoms with Gasteiger partial charge in [-0.2, -0.15) is 0 Å². The van der Waals surface area contributed by atoms with Gasteiger partial charge in [-0.15, -0.1) is 11.6 Å². The van der Waals surface area contributed by atoms with Crippen LogP contribution in [0.5, 0.6) is 5.75 Å². The van der Waals surface area contributed by atoms with Gasteiger partial charge in [-0.1, -0.05) is 12.1 Å². The molecule has 1 atom stereocenters. The molecule has 1 heterocycles. The Balaban J connectivity index is 2.40. The van der Waals surface area contributed by atoms with E-state index in [2.05, 4.69) is 10.6 Å². The molecule has 1 aliphatic heterocycles. The molecule has 2 N–H and O–H groups in total. The zero-order valence-corrected chi connectivity index (χ0v) is 13.1. The summed E-state index contributed by atoms with van der Waals surface area (Å²) in [6, 6.07) is 6.10. The first-order chi connectivity index (χ1) is 10.6. The number of carbonyl (C=O) groups excluding carboxylic acids is 2. The second-order valence-electron chi connectivity index (χ2n) is 4.55. The minimum atomic E-state index is -0.620. The Kier molecular flexibility index (Phi) is 5.27. The maximum absolute atomic E-state index is 12.0. The number of urea groups is 1. The van der Waals surface area contributed by atoms with Crippen LogP contribution < -0.4 is 15.4 Å². The zero-order valence-electron chi connectivity index (χ0n) is 12.3. The van der Waals surface area contributed by atoms with E-state index in [0.717, 1.165) is 5.56 Å². The van der Waals surface area contributed by atoms with E-state index in [-0.39, 0.29) is 5.88 Å². The maximum Gasteiger partial charge on any atom is 0.338 e. The highest BCUT2D eigenvalue weighted by molar-refractivity contribution is 6.20. The van der Waals surface area contributed by atoms with E-state index in [0.29, 0.717) is 23.6 Å². The van der Waals surface area contributed by atoms with Gasteiger partial charge in [0.25, 0.3) is 0 Å². The van der Waals surface area contributed by atoms with Crippen molar-refractivity contribution >= 4 is 23.6 Å². The molecule has 118 valence electrons. The second-order valence-corrected chi connectivity index (χ2v) is 4.82. The van der Waals surface area contributed by atoms with E-state index in [4.69, 9.17) is 21.1 Å². The minimum Gasteiger partial charge on any atom is -0.494 e. The SMILES string of the molecule is CCOc1ccc([C@@H]2NC(=O)NC(CCl)=C2C(=O)OC)cc1. The van der Waals surface area contributed by atoms with E-state index in [1.807, 2.05) is 6.92 Å². The van der Waals surface area contributed by atoms with Gasteiger partial charge in [-0.05, 0) is 24.6 Å². The number of nitrogens with one attached hydrogen (secondary N) is 2. The van der Waals surface area contributed by atoms with Gasteiger partial charge >= 0.3 is 12.0 Å². The lowest BCUT2D eigenvalue weighted by Gasteiger charge is -2.28. The quantitative estimate of drug-likeness (QED) is 0.642. The first kappa shape index (κ1) is 16.2. The zero-order chi connectivity index (χ0) is 16.1. The molecule has 0 saturated heterocycles. The van der Waals surface area contributed by atoms with Crippen LogP contribution in [0, 0.1) is 0 Å². The third-order valence-electron chi connectivity index (χ3n) is 3.22. The van der Waals surface area contributed by atoms with Crippen LogP contribution in [0.4, 0.5) is 4.79 Å². The van der Waals surface area contributed by atoms with Crippen molar-refractivity contribution in [1.82, 2.24) is 10.6 Å². The number of hydrogen-bond donors (Lipinski definition) is 2. The molecule has 1 aromatic rings. The summed E-state index contributed by atoms with van der Waals surface area (Å²) in [4.78, 5) is 23.8. The number of alkyl halides is 1. The number of rotatable bonds is 5. The molecule has 7 heteroatoms. The molecule has 1 aliphatic rings. The van der Waals surface area contributed by atoms with Gasteiger partial charge in [-0.3, -0.25) is 0 Å². The monoisotopic (exact) mass is 324 g/mol. The summed E-state index contributed by atoms with van der Waals surface area (Å²) in [6.45, 7) is 2.46. The van der Waals surface area contributed by atoms with Crippen molar-refractivity contribution in [3.05, 3.63) is 41.1 Å². The number of ether oxygens (including phenoxy) is 2. The average Bonchev–Trinajstić information content (AvgIpc) is 2.54. The number of amides is 2. The molecule has 0 aromatic heterocycles. The number of halogens is 1. The van der Waals surface area contributed by atoms with Gasteiger partial charge in [0.05, 0.1) is 31.2 Å². The molecule has 0 spiro atoms. The summed E-state index contributed by atoms with van der Waals surface area (Å²) < 4.78 is 10.2. The molecular formula is C15H17ClN2O4. The fourth-order valence-corrected chi connectivity index (χ4v) is 2.46. The van der Waals surface area contributed by atoms with Gasteiger partial charge in [-0.25, -0.2) is 9.59 Å². The lowest BCUT2D eigenvalue weighted by Crippen LogP contribution is -2.46. The van der Waals surface area contributed by atoms with Gasteiger partial charge in [0, 0.05) is 5.70 Å². The fraction of sp³-hybridized carbons (Fsp3) is 0.333. The summed E-state index contributed by atoms with van der Waals surface area (Å²) in [5, 5.41) is 5.24. The van der Waals surface area contributed by atoms with E-state index < -0.39 is 18.0 Å². The summed E-state index contributed by atoms with van der Waals surface area (Å²) in [5.41, 5.74) is 1.37. The largest absolute Gasteiger partial charge is 0.494 e. The van der Waals surface area contributed by atoms with Crippen LogP contribution in [0.3, 0.4) is 0 Å². The molecule has 0 saturated carbocycles. The maximum atomic E-state index is 12.0. The predicted molar refractivity (Wildman–Crippen MR) is 81.8 cm³/mol. The number of allylic oxidation sites excluding steroid dienone is 1. The number of methoxy groups -OCH3 is 1. The number of hydrogen-bond acceptors (Lipinski definition) is 4. The predicted octanol–water partition coefficient (Wildman–Crippen LogP) is 2.11. The highest BCUT2D eigenvalue weighted by Crippen LogP contribution is 2.29. The van der Waals surface area contributed by atoms with Crippen LogP contribution in [0.2, 0.25) is 0 Å². The Labute approximate surface area is 133 Å². The second kappa shape index (κ2) is 7.17. The van der Waals surface area contributed by atoms with Crippen LogP contribution >= 0.6 is 11.6 Å². The third kappa shape index (κ3) is 3.33. The average molecular weight is 325 g/mol. The first-order valence-electron chi connectivity index (χ1n) is 6.78. The molecule has 2 rings (SSSR count). The fourth-order valence-electron chi connectivity index (χ4n) is 2.25. The molecule has 1 aromatic carbocycles. The van der Waals surface area contributed by atoms with E-state index in [1.165, 1.54) is 7.11 Å². The normalized spacial score (nSPS) is 17.6. The lowest BCUT2D eigenvalue weighted by atomic mass is 9.95. The standard InChI is InChI=1S/C15H17ClN2O4/c1-3-22-10-6-4-9(5-7-10)13-12(14(19)21-2)11(8-16)17-15(20)18-13/h4-7,13H,3,8H2,1-2H3,(H2,17,18,20)/t13-/m0/s1. The van der Waals surface area contributed by atoms with Gasteiger partial charge in [0.1, 0.15) is 5.75 Å². The Morgan fingerprint density at radius 1 is 1.32 bits per heavy atom. The molecule has 0 unspecified atom stereocenters. The first-order valence-corrected chi connectivity index (χ1v) is 7.31. The van der Waals surface area contributed by atoms with Crippen LogP contribution in [0.25, 0.3) is 0 Å². The molecule has 0 radical (unpaired) electrons. The van der Waals surface area contributed by atoms with Gasteiger partial charge in [0.2, 0.25) is 0 Å². The van der Waals surface area contributed by atoms with Crippen molar-refractivity contribution in [2.75, 3.05) is 19.6 Å². The van der Waals surface area contributed by atoms with Gasteiger partial charge < -0.3 is 20.1 Å². The molecule has 0 aliphatic carbocycles. The Bertz CT molecular complexity index is 598. The Morgan fingerprint density at radius 2 is 2.00 bits per heavy atom. The number of esters is 1. The lowest BCUT2D eigenvalue weighted by molar-refractivity contribution is -0.136. The van der Waals surface area contributed by atoms with Crippen molar-refractivity contribution in [3.63, 3.8) is 0 Å². The van der Waals surface area contributed by atoms with Crippen molar-refractivity contribution < 1.29 is 19.1 Å². The molecule has 0 bridgehead atoms. The summed E-state index contributed by atoms with van der Waals surface area (Å²) in [7, 11) is 1.28. The number of benzene rings is 1. The van der Waals surface area contributed by atoms with Crippen LogP contribution in [0.15, 0.2) is 35.5 Å². The van der Waals surface area contributed by atoms with E-state index >= 15 is 0 Å². The highest BCUT2D eigenvalue weighted by Gasteiger charge is 2.33. The van der Waals surface area contributed by atoms with Crippen molar-refractivity contribution in [2.45, 2.75) is 13.0 Å². The summed E-state index contributed by atoms with van der Waals surface area (Å²) in [5.74, 6) is 0.181. The molecule has 2 amide bonds. The minimum absolute atomic E-state index is 0.00534. The molecule has 0 fully saturated rings. The number of carbonyl (C=O) groups is 2. The van der Waals surface area contributed by atoms with Crippen LogP contribution in [0.1, 0.15) is 18.5 Å². The van der Waals surface area contributed by atoms with E-state index in [1.54, 1.807) is 24.3 Å². The Hall–Kier alpha value is -2.21. The van der Waals surface area contributed by atoms with Crippen molar-refractivity contribution in [2.24, 2.45) is 0 Å². The van der Waals surface area contributed by atoms with Crippen molar-refractivity contribution in [3.8, 4) is 5.75 Å². The smallest absolute Gasteiger partial charge is 0.338 e. The van der Waals surface area contributed by atoms with Crippen LogP contribution in [-0.4, -0.2) is 31.6 Å². The third-order valence-corrected chi connectivity index (χ3v) is 3.48. The molecule has 22 heavy (non-hydrogen) atoms.